The number of hydrogen-bond donors (Lipinski definition) is 4. The molecule has 4 N–H and O–H groups in total. The molecule has 2 rings (SSSR count). The van der Waals surface area contributed by atoms with E-state index in [9.17, 15) is 4.79 Å². The van der Waals surface area contributed by atoms with Crippen molar-refractivity contribution in [3.05, 3.63) is 35.5 Å². The van der Waals surface area contributed by atoms with Gasteiger partial charge in [-0.2, -0.15) is 0 Å². The summed E-state index contributed by atoms with van der Waals surface area (Å²) in [6.07, 6.45) is 0.453. The van der Waals surface area contributed by atoms with Crippen LogP contribution >= 0.6 is 0 Å². The Morgan fingerprint density at radius 1 is 1.14 bits per heavy atom. The molecule has 154 valence electrons. The molecule has 7 nitrogen and oxygen atoms in total. The van der Waals surface area contributed by atoms with E-state index in [-0.39, 0.29) is 0 Å². The molecule has 0 unspecified atom stereocenters. The highest BCUT2D eigenvalue weighted by Gasteiger charge is 2.15. The average Bonchev–Trinajstić information content (AvgIpc) is 2.92. The second-order valence-electron chi connectivity index (χ2n) is 7.64. The van der Waals surface area contributed by atoms with Crippen LogP contribution in [0.1, 0.15) is 39.0 Å². The summed E-state index contributed by atoms with van der Waals surface area (Å²) in [5.74, 6) is 0.742. The first-order valence-electron chi connectivity index (χ1n) is 9.85. The molecule has 0 radical (unpaired) electrons. The predicted molar refractivity (Wildman–Crippen MR) is 115 cm³/mol. The minimum atomic E-state index is -0.492. The minimum Gasteiger partial charge on any atom is -0.444 e. The monoisotopic (exact) mass is 387 g/mol. The van der Waals surface area contributed by atoms with Gasteiger partial charge in [-0.05, 0) is 52.7 Å². The lowest BCUT2D eigenvalue weighted by Crippen LogP contribution is -2.42. The maximum atomic E-state index is 11.7. The van der Waals surface area contributed by atoms with Crippen molar-refractivity contribution in [3.63, 3.8) is 0 Å². The summed E-state index contributed by atoms with van der Waals surface area (Å²) in [5.41, 5.74) is 3.17. The zero-order chi connectivity index (χ0) is 20.6. The van der Waals surface area contributed by atoms with E-state index in [1.54, 1.807) is 0 Å². The fourth-order valence-electron chi connectivity index (χ4n) is 2.94. The second kappa shape index (κ2) is 10.0. The Morgan fingerprint density at radius 2 is 1.86 bits per heavy atom. The van der Waals surface area contributed by atoms with Gasteiger partial charge in [0.25, 0.3) is 0 Å². The molecule has 0 spiro atoms. The van der Waals surface area contributed by atoms with Crippen molar-refractivity contribution in [2.45, 2.75) is 46.6 Å². The molecule has 0 saturated heterocycles. The number of aromatic nitrogens is 1. The molecule has 1 aromatic carbocycles. The third kappa shape index (κ3) is 6.79. The van der Waals surface area contributed by atoms with Crippen LogP contribution in [-0.2, 0) is 11.2 Å². The smallest absolute Gasteiger partial charge is 0.407 e. The van der Waals surface area contributed by atoms with E-state index < -0.39 is 11.7 Å². The number of rotatable bonds is 7. The van der Waals surface area contributed by atoms with Gasteiger partial charge in [-0.1, -0.05) is 18.2 Å². The van der Waals surface area contributed by atoms with E-state index in [2.05, 4.69) is 51.0 Å². The number of aryl methyl sites for hydroxylation is 1. The minimum absolute atomic E-state index is 0.411. The van der Waals surface area contributed by atoms with Crippen LogP contribution < -0.4 is 16.0 Å². The first-order chi connectivity index (χ1) is 13.3. The zero-order valence-electron chi connectivity index (χ0n) is 17.6. The molecule has 1 aromatic heterocycles. The Labute approximate surface area is 167 Å². The first kappa shape index (κ1) is 21.6. The fourth-order valence-corrected chi connectivity index (χ4v) is 2.94. The highest BCUT2D eigenvalue weighted by Crippen LogP contribution is 2.22. The Balaban J connectivity index is 1.83. The topological polar surface area (TPSA) is 90.5 Å². The summed E-state index contributed by atoms with van der Waals surface area (Å²) < 4.78 is 5.22. The van der Waals surface area contributed by atoms with Crippen LogP contribution in [0.2, 0.25) is 0 Å². The molecule has 1 heterocycles. The maximum absolute atomic E-state index is 11.7. The van der Waals surface area contributed by atoms with Crippen LogP contribution in [0.3, 0.4) is 0 Å². The highest BCUT2D eigenvalue weighted by molar-refractivity contribution is 5.84. The van der Waals surface area contributed by atoms with Gasteiger partial charge in [0.2, 0.25) is 0 Å². The predicted octanol–water partition coefficient (Wildman–Crippen LogP) is 3.10. The largest absolute Gasteiger partial charge is 0.444 e. The summed E-state index contributed by atoms with van der Waals surface area (Å²) in [7, 11) is 0. The van der Waals surface area contributed by atoms with Crippen molar-refractivity contribution in [1.82, 2.24) is 20.9 Å². The van der Waals surface area contributed by atoms with Crippen molar-refractivity contribution in [3.8, 4) is 0 Å². The lowest BCUT2D eigenvalue weighted by atomic mass is 10.1. The third-order valence-electron chi connectivity index (χ3n) is 4.09. The van der Waals surface area contributed by atoms with Crippen LogP contribution in [-0.4, -0.2) is 48.8 Å². The van der Waals surface area contributed by atoms with Crippen LogP contribution in [0, 0.1) is 6.92 Å². The van der Waals surface area contributed by atoms with Gasteiger partial charge in [0.15, 0.2) is 5.96 Å². The van der Waals surface area contributed by atoms with Gasteiger partial charge >= 0.3 is 6.09 Å². The number of guanidine groups is 1. The number of fused-ring (bicyclic) bond motifs is 1. The number of carbonyl (C=O) groups excluding carboxylic acids is 1. The number of alkyl carbamates (subject to hydrolysis) is 1. The molecule has 28 heavy (non-hydrogen) atoms. The van der Waals surface area contributed by atoms with Crippen molar-refractivity contribution in [1.29, 1.82) is 0 Å². The molecule has 0 saturated carbocycles. The number of nitrogens with one attached hydrogen (secondary N) is 4. The molecule has 7 heteroatoms. The molecule has 0 fully saturated rings. The second-order valence-corrected chi connectivity index (χ2v) is 7.64. The van der Waals surface area contributed by atoms with Gasteiger partial charge in [-0.3, -0.25) is 4.99 Å². The van der Waals surface area contributed by atoms with Crippen molar-refractivity contribution in [2.75, 3.05) is 26.2 Å². The quantitative estimate of drug-likeness (QED) is 0.334. The summed E-state index contributed by atoms with van der Waals surface area (Å²) >= 11 is 0. The number of nitrogens with zero attached hydrogens (tertiary/aromatic N) is 1. The Bertz CT molecular complexity index is 805. The van der Waals surface area contributed by atoms with Gasteiger partial charge in [0.05, 0.1) is 0 Å². The molecule has 0 aliphatic heterocycles. The van der Waals surface area contributed by atoms with Gasteiger partial charge in [0.1, 0.15) is 5.60 Å². The van der Waals surface area contributed by atoms with Gasteiger partial charge in [-0.25, -0.2) is 4.79 Å². The molecule has 1 amide bonds. The number of hydrogen-bond acceptors (Lipinski definition) is 3. The summed E-state index contributed by atoms with van der Waals surface area (Å²) in [5, 5.41) is 10.5. The third-order valence-corrected chi connectivity index (χ3v) is 4.09. The van der Waals surface area contributed by atoms with Crippen molar-refractivity contribution >= 4 is 23.0 Å². The number of amides is 1. The Kier molecular flexibility index (Phi) is 7.72. The van der Waals surface area contributed by atoms with E-state index in [1.807, 2.05) is 33.8 Å². The normalized spacial score (nSPS) is 12.1. The number of carbonyl (C=O) groups is 1. The van der Waals surface area contributed by atoms with Crippen LogP contribution in [0.5, 0.6) is 0 Å². The fraction of sp³-hybridized carbons (Fsp3) is 0.524. The number of aromatic amines is 1. The molecule has 0 aliphatic rings. The lowest BCUT2D eigenvalue weighted by molar-refractivity contribution is 0.0529. The van der Waals surface area contributed by atoms with E-state index in [1.165, 1.54) is 16.6 Å². The molecular formula is C21H33N5O2. The summed E-state index contributed by atoms with van der Waals surface area (Å²) in [6, 6.07) is 8.34. The molecule has 0 aliphatic carbocycles. The van der Waals surface area contributed by atoms with E-state index in [0.29, 0.717) is 19.6 Å². The van der Waals surface area contributed by atoms with Gasteiger partial charge in [0, 0.05) is 42.8 Å². The first-order valence-corrected chi connectivity index (χ1v) is 9.85. The van der Waals surface area contributed by atoms with Gasteiger partial charge < -0.3 is 25.7 Å². The van der Waals surface area contributed by atoms with Crippen LogP contribution in [0.4, 0.5) is 4.79 Å². The molecule has 0 bridgehead atoms. The highest BCUT2D eigenvalue weighted by atomic mass is 16.6. The number of benzene rings is 1. The summed E-state index contributed by atoms with van der Waals surface area (Å²) in [4.78, 5) is 19.7. The van der Waals surface area contributed by atoms with E-state index in [0.717, 1.165) is 24.4 Å². The molecule has 0 atom stereocenters. The zero-order valence-corrected chi connectivity index (χ0v) is 17.6. The van der Waals surface area contributed by atoms with Crippen molar-refractivity contribution < 1.29 is 9.53 Å². The molecular weight excluding hydrogens is 354 g/mol. The van der Waals surface area contributed by atoms with E-state index >= 15 is 0 Å². The number of H-pyrrole nitrogens is 1. The van der Waals surface area contributed by atoms with Gasteiger partial charge in [-0.15, -0.1) is 0 Å². The van der Waals surface area contributed by atoms with Crippen LogP contribution in [0.15, 0.2) is 29.3 Å². The van der Waals surface area contributed by atoms with Crippen LogP contribution in [0.25, 0.3) is 10.9 Å². The van der Waals surface area contributed by atoms with Crippen molar-refractivity contribution in [2.24, 2.45) is 4.99 Å². The Morgan fingerprint density at radius 3 is 2.57 bits per heavy atom. The Hall–Kier alpha value is -2.70. The number of aliphatic imine (C=N–C) groups is 1. The standard InChI is InChI=1S/C21H33N5O2/c1-6-22-19(24-13-14-25-20(27)28-21(3,4)5)23-12-11-16-15(2)26-18-10-8-7-9-17(16)18/h7-10,26H,6,11-14H2,1-5H3,(H,25,27)(H2,22,23,24). The lowest BCUT2D eigenvalue weighted by Gasteiger charge is -2.19. The average molecular weight is 388 g/mol. The number of para-hydroxylation sites is 1. The number of ether oxygens (including phenoxy) is 1. The summed E-state index contributed by atoms with van der Waals surface area (Å²) in [6.45, 7) is 12.1. The molecule has 2 aromatic rings. The SMILES string of the molecule is CCNC(=NCCc1c(C)[nH]c2ccccc12)NCCNC(=O)OC(C)(C)C. The maximum Gasteiger partial charge on any atom is 0.407 e. The van der Waals surface area contributed by atoms with E-state index in [4.69, 9.17) is 4.74 Å².